The molecular formula is C24H30BrClFN3O2. The lowest BCUT2D eigenvalue weighted by atomic mass is 9.67. The summed E-state index contributed by atoms with van der Waals surface area (Å²) in [5.41, 5.74) is -0.371. The minimum Gasteiger partial charge on any atom is -0.352 e. The molecule has 2 saturated heterocycles. The fourth-order valence-corrected chi connectivity index (χ4v) is 8.46. The highest BCUT2D eigenvalue weighted by atomic mass is 79.9. The van der Waals surface area contributed by atoms with E-state index in [0.717, 1.165) is 45.2 Å². The molecule has 0 aromatic heterocycles. The summed E-state index contributed by atoms with van der Waals surface area (Å²) in [6.45, 7) is 1.91. The van der Waals surface area contributed by atoms with Crippen LogP contribution >= 0.6 is 28.3 Å². The van der Waals surface area contributed by atoms with Gasteiger partial charge in [0.15, 0.2) is 0 Å². The zero-order valence-electron chi connectivity index (χ0n) is 18.0. The van der Waals surface area contributed by atoms with Crippen LogP contribution in [-0.2, 0) is 16.1 Å². The number of amides is 2. The Balaban J connectivity index is 0.00000216. The number of benzene rings is 1. The summed E-state index contributed by atoms with van der Waals surface area (Å²) in [6, 6.07) is 4.90. The van der Waals surface area contributed by atoms with Crippen LogP contribution in [0.1, 0.15) is 50.5 Å². The van der Waals surface area contributed by atoms with Crippen molar-refractivity contribution < 1.29 is 14.0 Å². The molecule has 5 nitrogen and oxygen atoms in total. The molecule has 2 amide bonds. The molecule has 174 valence electrons. The average molecular weight is 527 g/mol. The predicted octanol–water partition coefficient (Wildman–Crippen LogP) is 3.69. The fourth-order valence-electron chi connectivity index (χ4n) is 8.13. The van der Waals surface area contributed by atoms with Gasteiger partial charge in [-0.15, -0.1) is 12.4 Å². The van der Waals surface area contributed by atoms with Gasteiger partial charge in [0.2, 0.25) is 11.8 Å². The first-order valence-electron chi connectivity index (χ1n) is 11.7. The van der Waals surface area contributed by atoms with Gasteiger partial charge in [0.1, 0.15) is 5.82 Å². The third kappa shape index (κ3) is 2.89. The number of halogens is 3. The van der Waals surface area contributed by atoms with Gasteiger partial charge in [-0.1, -0.05) is 22.0 Å². The third-order valence-corrected chi connectivity index (χ3v) is 9.90. The minimum absolute atomic E-state index is 0. The van der Waals surface area contributed by atoms with Crippen LogP contribution in [0.4, 0.5) is 4.39 Å². The number of hydrogen-bond donors (Lipinski definition) is 3. The molecule has 8 heteroatoms. The second-order valence-electron chi connectivity index (χ2n) is 10.6. The van der Waals surface area contributed by atoms with E-state index in [1.807, 2.05) is 0 Å². The Bertz CT molecular complexity index is 961. The number of piperidine rings is 2. The van der Waals surface area contributed by atoms with E-state index in [1.165, 1.54) is 18.9 Å². The molecule has 5 aliphatic rings. The lowest BCUT2D eigenvalue weighted by Crippen LogP contribution is -2.54. The Hall–Kier alpha value is -1.18. The average Bonchev–Trinajstić information content (AvgIpc) is 2.97. The van der Waals surface area contributed by atoms with Gasteiger partial charge in [-0.05, 0) is 81.5 Å². The van der Waals surface area contributed by atoms with Crippen LogP contribution in [0, 0.1) is 34.4 Å². The van der Waals surface area contributed by atoms with Crippen molar-refractivity contribution in [1.82, 2.24) is 16.0 Å². The number of rotatable bonds is 4. The summed E-state index contributed by atoms with van der Waals surface area (Å²) < 4.78 is 15.0. The van der Waals surface area contributed by atoms with Gasteiger partial charge in [-0.2, -0.15) is 0 Å². The zero-order valence-corrected chi connectivity index (χ0v) is 20.4. The van der Waals surface area contributed by atoms with E-state index < -0.39 is 5.41 Å². The highest BCUT2D eigenvalue weighted by Crippen LogP contribution is 2.81. The van der Waals surface area contributed by atoms with Crippen LogP contribution in [0.15, 0.2) is 22.7 Å². The Labute approximate surface area is 202 Å². The van der Waals surface area contributed by atoms with Crippen LogP contribution in [0.3, 0.4) is 0 Å². The normalized spacial score (nSPS) is 38.2. The van der Waals surface area contributed by atoms with Crippen LogP contribution in [0.5, 0.6) is 0 Å². The molecule has 3 saturated carbocycles. The summed E-state index contributed by atoms with van der Waals surface area (Å²) in [6.07, 6.45) is 7.38. The molecule has 1 aromatic rings. The van der Waals surface area contributed by atoms with Gasteiger partial charge >= 0.3 is 0 Å². The monoisotopic (exact) mass is 525 g/mol. The Morgan fingerprint density at radius 2 is 1.91 bits per heavy atom. The number of hydrogen-bond acceptors (Lipinski definition) is 3. The predicted molar refractivity (Wildman–Crippen MR) is 125 cm³/mol. The van der Waals surface area contributed by atoms with Crippen molar-refractivity contribution in [3.63, 3.8) is 0 Å². The van der Waals surface area contributed by atoms with E-state index in [4.69, 9.17) is 0 Å². The van der Waals surface area contributed by atoms with Gasteiger partial charge in [-0.3, -0.25) is 9.59 Å². The highest BCUT2D eigenvalue weighted by Gasteiger charge is 2.88. The maximum Gasteiger partial charge on any atom is 0.228 e. The SMILES string of the molecule is Cl.O=C(NCc1ccc(Br)cc1F)[C@@H]1[C@H]2C3(CCNCC3)NC(=O)[C@]12C12CCC(CC1)C2. The van der Waals surface area contributed by atoms with Crippen molar-refractivity contribution in [3.05, 3.63) is 34.1 Å². The molecule has 6 rings (SSSR count). The Kier molecular flexibility index (Phi) is 5.42. The maximum absolute atomic E-state index is 14.3. The number of carbonyl (C=O) groups excluding carboxylic acids is 2. The molecule has 0 unspecified atom stereocenters. The van der Waals surface area contributed by atoms with Crippen molar-refractivity contribution in [2.75, 3.05) is 13.1 Å². The van der Waals surface area contributed by atoms with Crippen LogP contribution in [-0.4, -0.2) is 30.4 Å². The summed E-state index contributed by atoms with van der Waals surface area (Å²) in [7, 11) is 0. The van der Waals surface area contributed by atoms with Crippen molar-refractivity contribution in [2.45, 2.75) is 57.0 Å². The topological polar surface area (TPSA) is 70.2 Å². The molecule has 2 bridgehead atoms. The largest absolute Gasteiger partial charge is 0.352 e. The molecular weight excluding hydrogens is 497 g/mol. The van der Waals surface area contributed by atoms with Gasteiger partial charge in [0.25, 0.3) is 0 Å². The molecule has 3 atom stereocenters. The molecule has 3 N–H and O–H groups in total. The molecule has 5 fully saturated rings. The first-order valence-corrected chi connectivity index (χ1v) is 12.5. The van der Waals surface area contributed by atoms with Gasteiger partial charge in [0, 0.05) is 28.0 Å². The Morgan fingerprint density at radius 3 is 2.53 bits per heavy atom. The molecule has 2 heterocycles. The summed E-state index contributed by atoms with van der Waals surface area (Å²) in [5, 5.41) is 9.83. The van der Waals surface area contributed by atoms with Crippen molar-refractivity contribution in [3.8, 4) is 0 Å². The maximum atomic E-state index is 14.3. The zero-order chi connectivity index (χ0) is 21.4. The van der Waals surface area contributed by atoms with Crippen molar-refractivity contribution >= 4 is 40.2 Å². The van der Waals surface area contributed by atoms with Gasteiger partial charge in [0.05, 0.1) is 11.3 Å². The lowest BCUT2D eigenvalue weighted by molar-refractivity contribution is -0.136. The highest BCUT2D eigenvalue weighted by molar-refractivity contribution is 9.10. The smallest absolute Gasteiger partial charge is 0.228 e. The number of fused-ring (bicyclic) bond motifs is 5. The van der Waals surface area contributed by atoms with E-state index in [-0.39, 0.29) is 59.4 Å². The van der Waals surface area contributed by atoms with E-state index >= 15 is 0 Å². The van der Waals surface area contributed by atoms with Crippen LogP contribution in [0.2, 0.25) is 0 Å². The number of nitrogens with one attached hydrogen (secondary N) is 3. The lowest BCUT2D eigenvalue weighted by Gasteiger charge is -2.36. The number of carbonyl (C=O) groups is 2. The van der Waals surface area contributed by atoms with E-state index in [0.29, 0.717) is 16.0 Å². The standard InChI is InChI=1S/C24H29BrFN3O2.ClH/c25-16-2-1-15(17(26)11-16)13-28-20(30)18-19-23(7-9-27-10-8-23)29-21(31)24(18,19)22-5-3-14(12-22)4-6-22;/h1-2,11,14,18-19,27H,3-10,12-13H2,(H,28,30)(H,29,31);1H/t14?,18-,19-,22?,24-;/m0./s1. The summed E-state index contributed by atoms with van der Waals surface area (Å²) in [4.78, 5) is 27.2. The first-order chi connectivity index (χ1) is 14.9. The molecule has 1 spiro atoms. The minimum atomic E-state index is -0.558. The molecule has 1 aromatic carbocycles. The summed E-state index contributed by atoms with van der Waals surface area (Å²) >= 11 is 3.27. The molecule has 3 aliphatic carbocycles. The first kappa shape index (κ1) is 22.6. The molecule has 2 aliphatic heterocycles. The molecule has 0 radical (unpaired) electrons. The van der Waals surface area contributed by atoms with Gasteiger partial charge < -0.3 is 16.0 Å². The van der Waals surface area contributed by atoms with Gasteiger partial charge in [-0.25, -0.2) is 4.39 Å². The van der Waals surface area contributed by atoms with Crippen LogP contribution in [0.25, 0.3) is 0 Å². The van der Waals surface area contributed by atoms with E-state index in [2.05, 4.69) is 31.9 Å². The second-order valence-corrected chi connectivity index (χ2v) is 11.5. The quantitative estimate of drug-likeness (QED) is 0.560. The van der Waals surface area contributed by atoms with Crippen LogP contribution < -0.4 is 16.0 Å². The van der Waals surface area contributed by atoms with E-state index in [1.54, 1.807) is 12.1 Å². The summed E-state index contributed by atoms with van der Waals surface area (Å²) in [5.74, 6) is 0.229. The molecule has 32 heavy (non-hydrogen) atoms. The fraction of sp³-hybridized carbons (Fsp3) is 0.667. The Morgan fingerprint density at radius 1 is 1.19 bits per heavy atom. The third-order valence-electron chi connectivity index (χ3n) is 9.40. The van der Waals surface area contributed by atoms with Crippen molar-refractivity contribution in [1.29, 1.82) is 0 Å². The van der Waals surface area contributed by atoms with E-state index in [9.17, 15) is 14.0 Å². The second kappa shape index (κ2) is 7.67. The van der Waals surface area contributed by atoms with Crippen molar-refractivity contribution in [2.24, 2.45) is 28.6 Å².